The fourth-order valence-electron chi connectivity index (χ4n) is 1.85. The quantitative estimate of drug-likeness (QED) is 0.407. The number of carbonyl (C=O) groups is 1. The first-order valence-electron chi connectivity index (χ1n) is 6.45. The lowest BCUT2D eigenvalue weighted by Gasteiger charge is -2.10. The molecule has 1 amide bonds. The molecule has 0 aromatic heterocycles. The Morgan fingerprint density at radius 3 is 2.33 bits per heavy atom. The Balaban J connectivity index is 2.46. The molecule has 2 aromatic carbocycles. The Morgan fingerprint density at radius 2 is 1.75 bits per heavy atom. The summed E-state index contributed by atoms with van der Waals surface area (Å²) in [5.74, 6) is -0.267. The van der Waals surface area contributed by atoms with Crippen molar-refractivity contribution in [1.82, 2.24) is 0 Å². The number of hydrogen-bond acceptors (Lipinski definition) is 6. The van der Waals surface area contributed by atoms with Crippen LogP contribution in [0.1, 0.15) is 6.92 Å². The molecule has 0 aliphatic heterocycles. The highest BCUT2D eigenvalue weighted by atomic mass is 127. The number of benzene rings is 2. The third kappa shape index (κ3) is 4.41. The number of anilines is 1. The monoisotopic (exact) mass is 459 g/mol. The summed E-state index contributed by atoms with van der Waals surface area (Å²) in [7, 11) is 0. The highest BCUT2D eigenvalue weighted by Crippen LogP contribution is 2.40. The second-order valence-corrected chi connectivity index (χ2v) is 6.92. The molecular formula is C14H10IN3O5S. The van der Waals surface area contributed by atoms with Gasteiger partial charge in [0.1, 0.15) is 0 Å². The molecule has 8 nitrogen and oxygen atoms in total. The summed E-state index contributed by atoms with van der Waals surface area (Å²) in [5.41, 5.74) is -0.190. The third-order valence-electron chi connectivity index (χ3n) is 2.82. The Morgan fingerprint density at radius 1 is 1.08 bits per heavy atom. The van der Waals surface area contributed by atoms with Crippen molar-refractivity contribution in [3.05, 3.63) is 60.2 Å². The van der Waals surface area contributed by atoms with Crippen LogP contribution in [-0.4, -0.2) is 15.8 Å². The molecule has 2 rings (SSSR count). The molecule has 0 fully saturated rings. The molecule has 0 bridgehead atoms. The number of non-ortho nitro benzene ring substituents is 1. The van der Waals surface area contributed by atoms with Gasteiger partial charge in [0.2, 0.25) is 5.91 Å². The number of amides is 1. The molecule has 10 heteroatoms. The van der Waals surface area contributed by atoms with Crippen LogP contribution in [-0.2, 0) is 4.79 Å². The number of nitro groups is 2. The third-order valence-corrected chi connectivity index (χ3v) is 4.63. The highest BCUT2D eigenvalue weighted by molar-refractivity contribution is 14.1. The smallest absolute Gasteiger partial charge is 0.290 e. The number of hydrogen-bond donors (Lipinski definition) is 1. The topological polar surface area (TPSA) is 115 Å². The second kappa shape index (κ2) is 7.57. The van der Waals surface area contributed by atoms with Gasteiger partial charge in [-0.05, 0) is 46.9 Å². The molecule has 2 aromatic rings. The van der Waals surface area contributed by atoms with Crippen LogP contribution in [0.5, 0.6) is 0 Å². The van der Waals surface area contributed by atoms with Crippen molar-refractivity contribution < 1.29 is 14.6 Å². The molecule has 0 unspecified atom stereocenters. The SMILES string of the molecule is CC(=O)Nc1cc(I)ccc1Sc1ccc([N+](=O)[O-])cc1[N+](=O)[O-]. The number of nitrogens with zero attached hydrogens (tertiary/aromatic N) is 2. The van der Waals surface area contributed by atoms with Gasteiger partial charge in [-0.1, -0.05) is 11.8 Å². The minimum Gasteiger partial charge on any atom is -0.325 e. The van der Waals surface area contributed by atoms with Crippen molar-refractivity contribution in [3.63, 3.8) is 0 Å². The van der Waals surface area contributed by atoms with Crippen LogP contribution in [0.2, 0.25) is 0 Å². The van der Waals surface area contributed by atoms with Gasteiger partial charge in [0.25, 0.3) is 11.4 Å². The average Bonchev–Trinajstić information content (AvgIpc) is 2.49. The van der Waals surface area contributed by atoms with Gasteiger partial charge in [0, 0.05) is 21.5 Å². The van der Waals surface area contributed by atoms with E-state index < -0.39 is 9.85 Å². The lowest BCUT2D eigenvalue weighted by atomic mass is 10.3. The van der Waals surface area contributed by atoms with E-state index in [0.717, 1.165) is 21.4 Å². The number of carbonyl (C=O) groups excluding carboxylic acids is 1. The summed E-state index contributed by atoms with van der Waals surface area (Å²) < 4.78 is 0.888. The van der Waals surface area contributed by atoms with E-state index >= 15 is 0 Å². The zero-order valence-corrected chi connectivity index (χ0v) is 15.2. The lowest BCUT2D eigenvalue weighted by Crippen LogP contribution is -2.07. The molecule has 0 aliphatic rings. The lowest BCUT2D eigenvalue weighted by molar-refractivity contribution is -0.396. The normalized spacial score (nSPS) is 10.2. The van der Waals surface area contributed by atoms with Gasteiger partial charge >= 0.3 is 0 Å². The van der Waals surface area contributed by atoms with Crippen LogP contribution in [0.25, 0.3) is 0 Å². The molecule has 0 saturated carbocycles. The van der Waals surface area contributed by atoms with Gasteiger partial charge in [-0.2, -0.15) is 0 Å². The Labute approximate surface area is 154 Å². The maximum absolute atomic E-state index is 11.3. The van der Waals surface area contributed by atoms with Crippen LogP contribution in [0.15, 0.2) is 46.2 Å². The van der Waals surface area contributed by atoms with E-state index in [1.54, 1.807) is 18.2 Å². The number of nitro benzene ring substituents is 2. The maximum Gasteiger partial charge on any atom is 0.290 e. The first kappa shape index (κ1) is 18.1. The summed E-state index contributed by atoms with van der Waals surface area (Å²) in [6.45, 7) is 1.36. The van der Waals surface area contributed by atoms with Crippen LogP contribution in [0, 0.1) is 23.8 Å². The van der Waals surface area contributed by atoms with E-state index in [9.17, 15) is 25.0 Å². The second-order valence-electron chi connectivity index (χ2n) is 4.59. The fraction of sp³-hybridized carbons (Fsp3) is 0.0714. The van der Waals surface area contributed by atoms with Gasteiger partial charge < -0.3 is 5.32 Å². The minimum absolute atomic E-state index is 0.249. The van der Waals surface area contributed by atoms with Gasteiger partial charge in [0.15, 0.2) is 0 Å². The summed E-state index contributed by atoms with van der Waals surface area (Å²) in [4.78, 5) is 32.8. The maximum atomic E-state index is 11.3. The molecule has 124 valence electrons. The largest absolute Gasteiger partial charge is 0.325 e. The van der Waals surface area contributed by atoms with E-state index in [1.807, 2.05) is 0 Å². The summed E-state index contributed by atoms with van der Waals surface area (Å²) >= 11 is 3.14. The first-order valence-corrected chi connectivity index (χ1v) is 8.35. The van der Waals surface area contributed by atoms with E-state index in [4.69, 9.17) is 0 Å². The molecule has 1 N–H and O–H groups in total. The Bertz CT molecular complexity index is 843. The first-order chi connectivity index (χ1) is 11.3. The molecule has 0 atom stereocenters. The zero-order chi connectivity index (χ0) is 17.9. The van der Waals surface area contributed by atoms with Gasteiger partial charge in [-0.25, -0.2) is 0 Å². The van der Waals surface area contributed by atoms with Crippen molar-refractivity contribution in [2.24, 2.45) is 0 Å². The van der Waals surface area contributed by atoms with Crippen LogP contribution in [0.4, 0.5) is 17.1 Å². The van der Waals surface area contributed by atoms with Crippen molar-refractivity contribution in [3.8, 4) is 0 Å². The van der Waals surface area contributed by atoms with Crippen molar-refractivity contribution in [1.29, 1.82) is 0 Å². The van der Waals surface area contributed by atoms with Crippen LogP contribution in [0.3, 0.4) is 0 Å². The minimum atomic E-state index is -0.685. The predicted octanol–water partition coefficient (Wildman–Crippen LogP) is 4.22. The molecule has 24 heavy (non-hydrogen) atoms. The van der Waals surface area contributed by atoms with Crippen molar-refractivity contribution >= 4 is 57.3 Å². The highest BCUT2D eigenvalue weighted by Gasteiger charge is 2.21. The standard InChI is InChI=1S/C14H10IN3O5S/c1-8(19)16-11-6-9(15)2-4-13(11)24-14-5-3-10(17(20)21)7-12(14)18(22)23/h2-7H,1H3,(H,16,19). The Hall–Kier alpha value is -2.21. The predicted molar refractivity (Wildman–Crippen MR) is 97.3 cm³/mol. The molecule has 0 heterocycles. The molecule has 0 radical (unpaired) electrons. The van der Waals surface area contributed by atoms with Gasteiger partial charge in [-0.3, -0.25) is 25.0 Å². The van der Waals surface area contributed by atoms with Crippen molar-refractivity contribution in [2.75, 3.05) is 5.32 Å². The number of halogens is 1. The van der Waals surface area contributed by atoms with Gasteiger partial charge in [0.05, 0.1) is 26.5 Å². The van der Waals surface area contributed by atoms with E-state index in [-0.39, 0.29) is 22.2 Å². The van der Waals surface area contributed by atoms with E-state index in [1.165, 1.54) is 19.1 Å². The zero-order valence-electron chi connectivity index (χ0n) is 12.2. The van der Waals surface area contributed by atoms with Crippen LogP contribution >= 0.6 is 34.4 Å². The summed E-state index contributed by atoms with van der Waals surface area (Å²) in [6.07, 6.45) is 0. The van der Waals surface area contributed by atoms with Crippen LogP contribution < -0.4 is 5.32 Å². The van der Waals surface area contributed by atoms with Crippen molar-refractivity contribution in [2.45, 2.75) is 16.7 Å². The summed E-state index contributed by atoms with van der Waals surface area (Å²) in [6, 6.07) is 8.72. The molecule has 0 saturated heterocycles. The van der Waals surface area contributed by atoms with E-state index in [0.29, 0.717) is 10.6 Å². The molecule has 0 spiro atoms. The fourth-order valence-corrected chi connectivity index (χ4v) is 3.30. The average molecular weight is 459 g/mol. The number of nitrogens with one attached hydrogen (secondary N) is 1. The molecule has 0 aliphatic carbocycles. The molecular weight excluding hydrogens is 449 g/mol. The number of rotatable bonds is 5. The summed E-state index contributed by atoms with van der Waals surface area (Å²) in [5, 5.41) is 24.7. The Kier molecular flexibility index (Phi) is 5.72. The van der Waals surface area contributed by atoms with E-state index in [2.05, 4.69) is 27.9 Å². The van der Waals surface area contributed by atoms with Gasteiger partial charge in [-0.15, -0.1) is 0 Å².